The van der Waals surface area contributed by atoms with E-state index in [4.69, 9.17) is 5.73 Å². The first-order valence-electron chi connectivity index (χ1n) is 4.91. The number of nitrogens with two attached hydrogens (primary N) is 1. The number of imidazole rings is 1. The molecular formula is C10H14N6. The predicted octanol–water partition coefficient (Wildman–Crippen LogP) is 0.429. The fourth-order valence-corrected chi connectivity index (χ4v) is 1.36. The summed E-state index contributed by atoms with van der Waals surface area (Å²) in [7, 11) is 3.88. The van der Waals surface area contributed by atoms with Crippen LogP contribution in [0.2, 0.25) is 0 Å². The molecule has 2 rings (SSSR count). The molecule has 2 aromatic heterocycles. The van der Waals surface area contributed by atoms with E-state index in [9.17, 15) is 0 Å². The molecule has 0 spiro atoms. The third kappa shape index (κ3) is 2.10. The topological polar surface area (TPSA) is 72.9 Å². The van der Waals surface area contributed by atoms with Gasteiger partial charge < -0.3 is 15.2 Å². The molecule has 0 atom stereocenters. The zero-order valence-corrected chi connectivity index (χ0v) is 9.33. The van der Waals surface area contributed by atoms with Gasteiger partial charge in [-0.05, 0) is 0 Å². The number of hydrogen-bond donors (Lipinski definition) is 1. The average Bonchev–Trinajstić information content (AvgIpc) is 2.65. The summed E-state index contributed by atoms with van der Waals surface area (Å²) in [6.45, 7) is 0.660. The van der Waals surface area contributed by atoms with E-state index in [1.54, 1.807) is 18.6 Å². The maximum absolute atomic E-state index is 5.53. The smallest absolute Gasteiger partial charge is 0.225 e. The van der Waals surface area contributed by atoms with Crippen LogP contribution in [0.15, 0.2) is 24.8 Å². The quantitative estimate of drug-likeness (QED) is 0.808. The molecule has 2 heterocycles. The Kier molecular flexibility index (Phi) is 2.72. The van der Waals surface area contributed by atoms with Gasteiger partial charge in [-0.2, -0.15) is 0 Å². The summed E-state index contributed by atoms with van der Waals surface area (Å²) in [5.74, 6) is 1.60. The van der Waals surface area contributed by atoms with Gasteiger partial charge in [0.1, 0.15) is 5.82 Å². The maximum Gasteiger partial charge on any atom is 0.225 e. The molecule has 0 saturated carbocycles. The number of aryl methyl sites for hydroxylation is 1. The van der Waals surface area contributed by atoms with Crippen LogP contribution < -0.4 is 10.6 Å². The molecule has 6 heteroatoms. The number of anilines is 2. The van der Waals surface area contributed by atoms with Crippen molar-refractivity contribution in [1.29, 1.82) is 0 Å². The Hall–Kier alpha value is -2.11. The molecular weight excluding hydrogens is 204 g/mol. The lowest BCUT2D eigenvalue weighted by molar-refractivity contribution is 0.747. The summed E-state index contributed by atoms with van der Waals surface area (Å²) in [6, 6.07) is 0. The van der Waals surface area contributed by atoms with Crippen LogP contribution >= 0.6 is 0 Å². The summed E-state index contributed by atoms with van der Waals surface area (Å²) >= 11 is 0. The molecule has 0 unspecified atom stereocenters. The van der Waals surface area contributed by atoms with Gasteiger partial charge in [0, 0.05) is 26.5 Å². The summed E-state index contributed by atoms with van der Waals surface area (Å²) < 4.78 is 1.97. The highest BCUT2D eigenvalue weighted by atomic mass is 15.2. The monoisotopic (exact) mass is 218 g/mol. The van der Waals surface area contributed by atoms with E-state index < -0.39 is 0 Å². The first-order chi connectivity index (χ1) is 7.66. The normalized spacial score (nSPS) is 10.4. The minimum absolute atomic E-state index is 0.564. The van der Waals surface area contributed by atoms with Crippen molar-refractivity contribution in [3.63, 3.8) is 0 Å². The molecule has 0 aliphatic rings. The fraction of sp³-hybridized carbons (Fsp3) is 0.300. The van der Waals surface area contributed by atoms with Crippen LogP contribution in [0, 0.1) is 0 Å². The van der Waals surface area contributed by atoms with E-state index in [0.717, 1.165) is 5.82 Å². The predicted molar refractivity (Wildman–Crippen MR) is 61.8 cm³/mol. The third-order valence-electron chi connectivity index (χ3n) is 2.30. The first-order valence-corrected chi connectivity index (χ1v) is 4.91. The summed E-state index contributed by atoms with van der Waals surface area (Å²) in [5.41, 5.74) is 6.09. The van der Waals surface area contributed by atoms with Crippen LogP contribution in [0.3, 0.4) is 0 Å². The molecule has 0 aliphatic carbocycles. The number of nitrogen functional groups attached to an aromatic ring is 1. The molecule has 6 nitrogen and oxygen atoms in total. The van der Waals surface area contributed by atoms with Gasteiger partial charge in [0.2, 0.25) is 5.95 Å². The lowest BCUT2D eigenvalue weighted by Crippen LogP contribution is -2.21. The number of nitrogens with zero attached hydrogens (tertiary/aromatic N) is 5. The van der Waals surface area contributed by atoms with Crippen molar-refractivity contribution in [2.24, 2.45) is 7.05 Å². The fourth-order valence-electron chi connectivity index (χ4n) is 1.36. The molecule has 0 amide bonds. The van der Waals surface area contributed by atoms with Crippen LogP contribution in [-0.4, -0.2) is 26.6 Å². The van der Waals surface area contributed by atoms with Crippen LogP contribution in [0.4, 0.5) is 11.6 Å². The lowest BCUT2D eigenvalue weighted by Gasteiger charge is -2.16. The van der Waals surface area contributed by atoms with Gasteiger partial charge in [-0.25, -0.2) is 15.0 Å². The van der Waals surface area contributed by atoms with Crippen molar-refractivity contribution in [3.8, 4) is 0 Å². The van der Waals surface area contributed by atoms with Crippen molar-refractivity contribution in [2.75, 3.05) is 17.7 Å². The second-order valence-corrected chi connectivity index (χ2v) is 3.63. The van der Waals surface area contributed by atoms with Crippen LogP contribution in [0.25, 0.3) is 0 Å². The molecule has 0 fully saturated rings. The minimum Gasteiger partial charge on any atom is -0.396 e. The lowest BCUT2D eigenvalue weighted by atomic mass is 10.5. The SMILES string of the molecule is CN(Cc1nccn1C)c1ncc(N)cn1. The van der Waals surface area contributed by atoms with E-state index in [0.29, 0.717) is 18.2 Å². The average molecular weight is 218 g/mol. The van der Waals surface area contributed by atoms with E-state index in [2.05, 4.69) is 15.0 Å². The van der Waals surface area contributed by atoms with Crippen molar-refractivity contribution in [2.45, 2.75) is 6.54 Å². The molecule has 0 saturated heterocycles. The molecule has 2 aromatic rings. The second kappa shape index (κ2) is 4.18. The van der Waals surface area contributed by atoms with Crippen molar-refractivity contribution < 1.29 is 0 Å². The van der Waals surface area contributed by atoms with E-state index in [1.807, 2.05) is 29.8 Å². The molecule has 0 bridgehead atoms. The van der Waals surface area contributed by atoms with Gasteiger partial charge in [0.15, 0.2) is 0 Å². The van der Waals surface area contributed by atoms with Gasteiger partial charge in [-0.15, -0.1) is 0 Å². The molecule has 2 N–H and O–H groups in total. The Labute approximate surface area is 93.8 Å². The summed E-state index contributed by atoms with van der Waals surface area (Å²) in [5, 5.41) is 0. The second-order valence-electron chi connectivity index (χ2n) is 3.63. The van der Waals surface area contributed by atoms with Crippen LogP contribution in [-0.2, 0) is 13.6 Å². The van der Waals surface area contributed by atoms with Crippen LogP contribution in [0.5, 0.6) is 0 Å². The Balaban J connectivity index is 2.11. The van der Waals surface area contributed by atoms with Crippen LogP contribution in [0.1, 0.15) is 5.82 Å². The zero-order chi connectivity index (χ0) is 11.5. The Morgan fingerprint density at radius 1 is 1.31 bits per heavy atom. The molecule has 16 heavy (non-hydrogen) atoms. The molecule has 0 aliphatic heterocycles. The Morgan fingerprint density at radius 2 is 2.00 bits per heavy atom. The molecule has 0 aromatic carbocycles. The summed E-state index contributed by atoms with van der Waals surface area (Å²) in [4.78, 5) is 14.4. The van der Waals surface area contributed by atoms with Gasteiger partial charge in [0.05, 0.1) is 24.6 Å². The van der Waals surface area contributed by atoms with Crippen molar-refractivity contribution in [3.05, 3.63) is 30.6 Å². The summed E-state index contributed by atoms with van der Waals surface area (Å²) in [6.07, 6.45) is 6.87. The largest absolute Gasteiger partial charge is 0.396 e. The van der Waals surface area contributed by atoms with E-state index >= 15 is 0 Å². The maximum atomic E-state index is 5.53. The first kappa shape index (κ1) is 10.4. The minimum atomic E-state index is 0.564. The zero-order valence-electron chi connectivity index (χ0n) is 9.33. The van der Waals surface area contributed by atoms with Crippen molar-refractivity contribution in [1.82, 2.24) is 19.5 Å². The molecule has 84 valence electrons. The van der Waals surface area contributed by atoms with Gasteiger partial charge in [-0.3, -0.25) is 0 Å². The van der Waals surface area contributed by atoms with Gasteiger partial charge >= 0.3 is 0 Å². The molecule has 0 radical (unpaired) electrons. The standard InChI is InChI=1S/C10H14N6/c1-15-4-3-12-9(15)7-16(2)10-13-5-8(11)6-14-10/h3-6H,7,11H2,1-2H3. The van der Waals surface area contributed by atoms with E-state index in [-0.39, 0.29) is 0 Å². The number of aromatic nitrogens is 4. The Bertz CT molecular complexity index is 460. The van der Waals surface area contributed by atoms with Crippen molar-refractivity contribution >= 4 is 11.6 Å². The van der Waals surface area contributed by atoms with Gasteiger partial charge in [0.25, 0.3) is 0 Å². The Morgan fingerprint density at radius 3 is 2.56 bits per heavy atom. The highest BCUT2D eigenvalue weighted by molar-refractivity contribution is 5.37. The van der Waals surface area contributed by atoms with Gasteiger partial charge in [-0.1, -0.05) is 0 Å². The van der Waals surface area contributed by atoms with E-state index in [1.165, 1.54) is 0 Å². The number of hydrogen-bond acceptors (Lipinski definition) is 5. The number of rotatable bonds is 3. The highest BCUT2D eigenvalue weighted by Crippen LogP contribution is 2.08. The highest BCUT2D eigenvalue weighted by Gasteiger charge is 2.07. The third-order valence-corrected chi connectivity index (χ3v) is 2.30.